The summed E-state index contributed by atoms with van der Waals surface area (Å²) in [4.78, 5) is 28.7. The average molecular weight is 542 g/mol. The van der Waals surface area contributed by atoms with Gasteiger partial charge in [0.15, 0.2) is 0 Å². The fourth-order valence-corrected chi connectivity index (χ4v) is 4.50. The molecule has 5 nitrogen and oxygen atoms in total. The Morgan fingerprint density at radius 1 is 0.892 bits per heavy atom. The molecule has 0 aromatic heterocycles. The molecular formula is C30H34Cl2N2O3. The zero-order valence-corrected chi connectivity index (χ0v) is 22.7. The molecule has 7 heteroatoms. The number of amides is 2. The van der Waals surface area contributed by atoms with Gasteiger partial charge in [-0.1, -0.05) is 91.1 Å². The Labute approximate surface area is 229 Å². The summed E-state index contributed by atoms with van der Waals surface area (Å²) >= 11 is 13.0. The lowest BCUT2D eigenvalue weighted by Gasteiger charge is -2.32. The van der Waals surface area contributed by atoms with E-state index < -0.39 is 6.04 Å². The van der Waals surface area contributed by atoms with E-state index in [9.17, 15) is 9.59 Å². The maximum absolute atomic E-state index is 13.7. The molecule has 3 rings (SSSR count). The highest BCUT2D eigenvalue weighted by molar-refractivity contribution is 6.36. The second kappa shape index (κ2) is 15.3. The van der Waals surface area contributed by atoms with Crippen LogP contribution in [0.3, 0.4) is 0 Å². The highest BCUT2D eigenvalue weighted by Gasteiger charge is 2.31. The van der Waals surface area contributed by atoms with Gasteiger partial charge in [-0.2, -0.15) is 0 Å². The van der Waals surface area contributed by atoms with Crippen molar-refractivity contribution in [2.75, 3.05) is 13.2 Å². The molecule has 0 spiro atoms. The zero-order valence-electron chi connectivity index (χ0n) is 21.2. The first-order chi connectivity index (χ1) is 18.0. The first-order valence-electron chi connectivity index (χ1n) is 12.7. The third-order valence-electron chi connectivity index (χ3n) is 6.04. The van der Waals surface area contributed by atoms with Gasteiger partial charge in [0.2, 0.25) is 11.8 Å². The quantitative estimate of drug-likeness (QED) is 0.231. The van der Waals surface area contributed by atoms with Crippen LogP contribution in [0, 0.1) is 0 Å². The molecule has 0 aliphatic heterocycles. The number of rotatable bonds is 14. The van der Waals surface area contributed by atoms with Crippen LogP contribution in [-0.2, 0) is 22.6 Å². The molecule has 0 aliphatic rings. The fraction of sp³-hybridized carbons (Fsp3) is 0.333. The lowest BCUT2D eigenvalue weighted by atomic mass is 10.0. The summed E-state index contributed by atoms with van der Waals surface area (Å²) in [6.07, 6.45) is 2.94. The number of benzene rings is 3. The molecule has 0 unspecified atom stereocenters. The predicted molar refractivity (Wildman–Crippen MR) is 150 cm³/mol. The van der Waals surface area contributed by atoms with Crippen molar-refractivity contribution in [2.45, 2.75) is 51.6 Å². The monoisotopic (exact) mass is 540 g/mol. The number of halogens is 2. The molecule has 0 radical (unpaired) electrons. The number of ether oxygens (including phenoxy) is 1. The maximum Gasteiger partial charge on any atom is 0.243 e. The Morgan fingerprint density at radius 3 is 2.19 bits per heavy atom. The number of nitrogens with one attached hydrogen (secondary N) is 1. The van der Waals surface area contributed by atoms with Gasteiger partial charge in [-0.25, -0.2) is 0 Å². The molecule has 0 heterocycles. The lowest BCUT2D eigenvalue weighted by molar-refractivity contribution is -0.141. The number of unbranched alkanes of at least 4 members (excludes halogenated alkanes) is 1. The number of carbonyl (C=O) groups excluding carboxylic acids is 2. The van der Waals surface area contributed by atoms with E-state index in [1.807, 2.05) is 60.7 Å². The van der Waals surface area contributed by atoms with Crippen LogP contribution in [0.15, 0.2) is 78.9 Å². The van der Waals surface area contributed by atoms with Gasteiger partial charge < -0.3 is 15.0 Å². The smallest absolute Gasteiger partial charge is 0.243 e. The standard InChI is InChI=1S/C30H34Cl2N2O3/c1-2-3-19-33-30(36)28(21-23-12-6-4-7-13-23)34(22-25-26(31)16-10-17-27(25)32)29(35)18-11-20-37-24-14-8-5-9-15-24/h4-10,12-17,28H,2-3,11,18-22H2,1H3,(H,33,36)/t28-/m0/s1. The minimum Gasteiger partial charge on any atom is -0.494 e. The van der Waals surface area contributed by atoms with E-state index in [-0.39, 0.29) is 24.8 Å². The Bertz CT molecular complexity index is 1110. The van der Waals surface area contributed by atoms with Crippen molar-refractivity contribution in [2.24, 2.45) is 0 Å². The third kappa shape index (κ3) is 9.10. The summed E-state index contributed by atoms with van der Waals surface area (Å²) in [7, 11) is 0. The lowest BCUT2D eigenvalue weighted by Crippen LogP contribution is -2.50. The van der Waals surface area contributed by atoms with Gasteiger partial charge in [0.05, 0.1) is 6.61 Å². The van der Waals surface area contributed by atoms with E-state index >= 15 is 0 Å². The number of para-hydroxylation sites is 1. The molecular weight excluding hydrogens is 507 g/mol. The molecule has 0 fully saturated rings. The van der Waals surface area contributed by atoms with E-state index in [1.165, 1.54) is 0 Å². The average Bonchev–Trinajstić information content (AvgIpc) is 2.91. The number of hydrogen-bond donors (Lipinski definition) is 1. The summed E-state index contributed by atoms with van der Waals surface area (Å²) in [6.45, 7) is 3.15. The topological polar surface area (TPSA) is 58.6 Å². The van der Waals surface area contributed by atoms with Crippen molar-refractivity contribution in [1.82, 2.24) is 10.2 Å². The summed E-state index contributed by atoms with van der Waals surface area (Å²) in [6, 6.07) is 23.7. The molecule has 3 aromatic rings. The molecule has 2 amide bonds. The van der Waals surface area contributed by atoms with Crippen LogP contribution in [0.1, 0.15) is 43.7 Å². The Kier molecular flexibility index (Phi) is 11.8. The third-order valence-corrected chi connectivity index (χ3v) is 6.75. The second-order valence-electron chi connectivity index (χ2n) is 8.84. The number of carbonyl (C=O) groups is 2. The summed E-state index contributed by atoms with van der Waals surface area (Å²) in [5.74, 6) is 0.417. The molecule has 37 heavy (non-hydrogen) atoms. The first-order valence-corrected chi connectivity index (χ1v) is 13.5. The van der Waals surface area contributed by atoms with Gasteiger partial charge in [-0.05, 0) is 42.7 Å². The summed E-state index contributed by atoms with van der Waals surface area (Å²) in [5, 5.41) is 3.94. The van der Waals surface area contributed by atoms with Crippen molar-refractivity contribution in [3.63, 3.8) is 0 Å². The Balaban J connectivity index is 1.83. The van der Waals surface area contributed by atoms with Gasteiger partial charge >= 0.3 is 0 Å². The highest BCUT2D eigenvalue weighted by atomic mass is 35.5. The van der Waals surface area contributed by atoms with Crippen LogP contribution >= 0.6 is 23.2 Å². The van der Waals surface area contributed by atoms with Crippen LogP contribution in [0.5, 0.6) is 5.75 Å². The molecule has 196 valence electrons. The Hall–Kier alpha value is -3.02. The predicted octanol–water partition coefficient (Wildman–Crippen LogP) is 6.71. The van der Waals surface area contributed by atoms with E-state index in [1.54, 1.807) is 23.1 Å². The van der Waals surface area contributed by atoms with Crippen LogP contribution in [-0.4, -0.2) is 35.9 Å². The summed E-state index contributed by atoms with van der Waals surface area (Å²) < 4.78 is 5.77. The second-order valence-corrected chi connectivity index (χ2v) is 9.65. The molecule has 3 aromatic carbocycles. The van der Waals surface area contributed by atoms with Crippen molar-refractivity contribution < 1.29 is 14.3 Å². The minimum absolute atomic E-state index is 0.135. The molecule has 0 aliphatic carbocycles. The molecule has 1 atom stereocenters. The normalized spacial score (nSPS) is 11.5. The maximum atomic E-state index is 13.7. The SMILES string of the molecule is CCCCNC(=O)[C@H](Cc1ccccc1)N(Cc1c(Cl)cccc1Cl)C(=O)CCCOc1ccccc1. The van der Waals surface area contributed by atoms with Crippen molar-refractivity contribution in [3.05, 3.63) is 100 Å². The van der Waals surface area contributed by atoms with Crippen LogP contribution < -0.4 is 10.1 Å². The molecule has 0 saturated carbocycles. The number of nitrogens with zero attached hydrogens (tertiary/aromatic N) is 1. The van der Waals surface area contributed by atoms with Crippen LogP contribution in [0.2, 0.25) is 10.0 Å². The van der Waals surface area contributed by atoms with Crippen molar-refractivity contribution in [1.29, 1.82) is 0 Å². The molecule has 1 N–H and O–H groups in total. The van der Waals surface area contributed by atoms with E-state index in [2.05, 4.69) is 12.2 Å². The van der Waals surface area contributed by atoms with E-state index in [4.69, 9.17) is 27.9 Å². The van der Waals surface area contributed by atoms with Gasteiger partial charge in [0, 0.05) is 41.5 Å². The number of hydrogen-bond acceptors (Lipinski definition) is 3. The van der Waals surface area contributed by atoms with Crippen molar-refractivity contribution >= 4 is 35.0 Å². The zero-order chi connectivity index (χ0) is 26.5. The summed E-state index contributed by atoms with van der Waals surface area (Å²) in [5.41, 5.74) is 1.59. The highest BCUT2D eigenvalue weighted by Crippen LogP contribution is 2.27. The van der Waals surface area contributed by atoms with Gasteiger partial charge in [0.25, 0.3) is 0 Å². The first kappa shape index (κ1) is 28.5. The van der Waals surface area contributed by atoms with Crippen molar-refractivity contribution in [3.8, 4) is 5.75 Å². The van der Waals surface area contributed by atoms with Gasteiger partial charge in [-0.15, -0.1) is 0 Å². The van der Waals surface area contributed by atoms with E-state index in [0.717, 1.165) is 24.2 Å². The van der Waals surface area contributed by atoms with E-state index in [0.29, 0.717) is 41.6 Å². The molecule has 0 bridgehead atoms. The molecule has 0 saturated heterocycles. The Morgan fingerprint density at radius 2 is 1.54 bits per heavy atom. The van der Waals surface area contributed by atoms with Gasteiger partial charge in [-0.3, -0.25) is 9.59 Å². The van der Waals surface area contributed by atoms with Crippen LogP contribution in [0.25, 0.3) is 0 Å². The fourth-order valence-electron chi connectivity index (χ4n) is 3.99. The minimum atomic E-state index is -0.714. The van der Waals surface area contributed by atoms with Crippen LogP contribution in [0.4, 0.5) is 0 Å². The van der Waals surface area contributed by atoms with Gasteiger partial charge in [0.1, 0.15) is 11.8 Å². The largest absolute Gasteiger partial charge is 0.494 e.